The first-order chi connectivity index (χ1) is 17.9. The minimum absolute atomic E-state index is 0.0557. The van der Waals surface area contributed by atoms with Crippen LogP contribution in [0.15, 0.2) is 44.1 Å². The second-order valence-electron chi connectivity index (χ2n) is 9.26. The van der Waals surface area contributed by atoms with Crippen molar-refractivity contribution >= 4 is 27.0 Å². The van der Waals surface area contributed by atoms with Crippen LogP contribution in [0, 0.1) is 5.82 Å². The Bertz CT molecular complexity index is 1500. The third-order valence-corrected chi connectivity index (χ3v) is 7.56. The maximum Gasteiger partial charge on any atom is 0.329 e. The van der Waals surface area contributed by atoms with E-state index in [-0.39, 0.29) is 28.6 Å². The van der Waals surface area contributed by atoms with Crippen LogP contribution in [-0.2, 0) is 11.3 Å². The van der Waals surface area contributed by atoms with E-state index < -0.39 is 18.1 Å². The molecule has 0 unspecified atom stereocenters. The van der Waals surface area contributed by atoms with Crippen molar-refractivity contribution in [3.8, 4) is 11.5 Å². The molecule has 0 aliphatic carbocycles. The molecule has 0 bridgehead atoms. The third-order valence-electron chi connectivity index (χ3n) is 6.95. The topological polar surface area (TPSA) is 91.2 Å². The number of imidazole rings is 1. The predicted molar refractivity (Wildman–Crippen MR) is 130 cm³/mol. The van der Waals surface area contributed by atoms with E-state index in [2.05, 4.69) is 36.0 Å². The van der Waals surface area contributed by atoms with Gasteiger partial charge < -0.3 is 9.15 Å². The van der Waals surface area contributed by atoms with Crippen molar-refractivity contribution in [1.29, 1.82) is 0 Å². The fourth-order valence-corrected chi connectivity index (χ4v) is 5.31. The van der Waals surface area contributed by atoms with Crippen molar-refractivity contribution in [1.82, 2.24) is 29.2 Å². The van der Waals surface area contributed by atoms with Crippen LogP contribution in [0.3, 0.4) is 0 Å². The Morgan fingerprint density at radius 1 is 1.14 bits per heavy atom. The molecule has 2 fully saturated rings. The van der Waals surface area contributed by atoms with Crippen molar-refractivity contribution < 1.29 is 22.3 Å². The number of nitrogens with zero attached hydrogens (tertiary/aromatic N) is 6. The van der Waals surface area contributed by atoms with Gasteiger partial charge in [-0.2, -0.15) is 8.78 Å². The van der Waals surface area contributed by atoms with E-state index in [0.29, 0.717) is 41.5 Å². The van der Waals surface area contributed by atoms with Gasteiger partial charge in [0, 0.05) is 18.8 Å². The first kappa shape index (κ1) is 24.3. The number of aromatic nitrogens is 5. The summed E-state index contributed by atoms with van der Waals surface area (Å²) in [6.45, 7) is 3.19. The molecule has 37 heavy (non-hydrogen) atoms. The Labute approximate surface area is 217 Å². The lowest BCUT2D eigenvalue weighted by Crippen LogP contribution is -2.53. The summed E-state index contributed by atoms with van der Waals surface area (Å²) in [6, 6.07) is 6.57. The zero-order valence-electron chi connectivity index (χ0n) is 19.5. The van der Waals surface area contributed by atoms with Gasteiger partial charge in [0.05, 0.1) is 58.6 Å². The number of ether oxygens (including phenoxy) is 1. The summed E-state index contributed by atoms with van der Waals surface area (Å²) in [6.07, 6.45) is 0.347. The summed E-state index contributed by atoms with van der Waals surface area (Å²) in [5.41, 5.74) is 1.78. The molecule has 2 aliphatic heterocycles. The molecule has 2 saturated heterocycles. The van der Waals surface area contributed by atoms with Crippen molar-refractivity contribution in [2.75, 3.05) is 26.3 Å². The molecule has 13 heteroatoms. The van der Waals surface area contributed by atoms with E-state index in [4.69, 9.17) is 9.15 Å². The third kappa shape index (κ3) is 4.48. The SMILES string of the molecule is O=c1n(Cc2ccc(-c3nnc(C(F)F)o3)cn2)c2cc(F)c(Br)cc2n1[C@@H]1CCCN(C2COC2)C1. The highest BCUT2D eigenvalue weighted by atomic mass is 79.9. The summed E-state index contributed by atoms with van der Waals surface area (Å²) < 4.78 is 54.0. The molecule has 1 aromatic carbocycles. The molecule has 194 valence electrons. The standard InChI is InChI=1S/C24H22BrF3N6O3/c25-17-6-20-19(7-18(17)26)33(24(35)34(20)15-2-1-5-32(10-15)16-11-36-12-16)9-14-4-3-13(8-29-14)22-30-31-23(37-22)21(27)28/h3-4,6-8,15-16,21H,1-2,5,9-12H2/t15-/m1/s1. The van der Waals surface area contributed by atoms with E-state index in [0.717, 1.165) is 25.9 Å². The highest BCUT2D eigenvalue weighted by Crippen LogP contribution is 2.30. The summed E-state index contributed by atoms with van der Waals surface area (Å²) in [7, 11) is 0. The Morgan fingerprint density at radius 3 is 2.65 bits per heavy atom. The summed E-state index contributed by atoms with van der Waals surface area (Å²) >= 11 is 3.27. The molecule has 0 saturated carbocycles. The Balaban J connectivity index is 1.34. The largest absolute Gasteiger partial charge is 0.415 e. The second kappa shape index (κ2) is 9.69. The molecular weight excluding hydrogens is 557 g/mol. The molecule has 5 heterocycles. The van der Waals surface area contributed by atoms with E-state index in [1.807, 2.05) is 0 Å². The first-order valence-electron chi connectivity index (χ1n) is 11.9. The minimum Gasteiger partial charge on any atom is -0.415 e. The number of hydrogen-bond acceptors (Lipinski definition) is 7. The summed E-state index contributed by atoms with van der Waals surface area (Å²) in [5.74, 6) is -1.31. The summed E-state index contributed by atoms with van der Waals surface area (Å²) in [5, 5.41) is 6.95. The molecule has 6 rings (SSSR count). The molecule has 0 N–H and O–H groups in total. The molecule has 1 atom stereocenters. The number of pyridine rings is 1. The average molecular weight is 579 g/mol. The highest BCUT2D eigenvalue weighted by Gasteiger charge is 2.33. The van der Waals surface area contributed by atoms with Gasteiger partial charge in [0.25, 0.3) is 5.89 Å². The zero-order chi connectivity index (χ0) is 25.7. The van der Waals surface area contributed by atoms with Crippen LogP contribution >= 0.6 is 15.9 Å². The first-order valence-corrected chi connectivity index (χ1v) is 12.7. The van der Waals surface area contributed by atoms with E-state index in [1.54, 1.807) is 22.8 Å². The average Bonchev–Trinajstić information content (AvgIpc) is 3.44. The smallest absolute Gasteiger partial charge is 0.329 e. The number of likely N-dealkylation sites (tertiary alicyclic amines) is 1. The van der Waals surface area contributed by atoms with Crippen LogP contribution in [0.1, 0.15) is 36.9 Å². The van der Waals surface area contributed by atoms with Gasteiger partial charge in [0.2, 0.25) is 5.89 Å². The fraction of sp³-hybridized carbons (Fsp3) is 0.417. The van der Waals surface area contributed by atoms with Crippen LogP contribution in [0.2, 0.25) is 0 Å². The predicted octanol–water partition coefficient (Wildman–Crippen LogP) is 4.17. The quantitative estimate of drug-likeness (QED) is 0.339. The van der Waals surface area contributed by atoms with Gasteiger partial charge in [0.1, 0.15) is 5.82 Å². The van der Waals surface area contributed by atoms with Gasteiger partial charge in [-0.25, -0.2) is 9.18 Å². The van der Waals surface area contributed by atoms with Gasteiger partial charge >= 0.3 is 12.1 Å². The van der Waals surface area contributed by atoms with Crippen molar-refractivity contribution in [3.05, 3.63) is 62.8 Å². The van der Waals surface area contributed by atoms with Crippen LogP contribution in [-0.4, -0.2) is 61.6 Å². The Hall–Kier alpha value is -3.03. The normalized spacial score (nSPS) is 19.1. The Morgan fingerprint density at radius 2 is 1.97 bits per heavy atom. The van der Waals surface area contributed by atoms with Crippen molar-refractivity contribution in [3.63, 3.8) is 0 Å². The lowest BCUT2D eigenvalue weighted by Gasteiger charge is -2.42. The van der Waals surface area contributed by atoms with Crippen molar-refractivity contribution in [2.45, 2.75) is 37.9 Å². The number of fused-ring (bicyclic) bond motifs is 1. The molecule has 0 radical (unpaired) electrons. The van der Waals surface area contributed by atoms with Crippen LogP contribution < -0.4 is 5.69 Å². The number of rotatable bonds is 6. The lowest BCUT2D eigenvalue weighted by atomic mass is 10.0. The van der Waals surface area contributed by atoms with E-state index in [9.17, 15) is 18.0 Å². The van der Waals surface area contributed by atoms with Crippen LogP contribution in [0.4, 0.5) is 13.2 Å². The maximum atomic E-state index is 14.6. The van der Waals surface area contributed by atoms with Gasteiger partial charge in [-0.15, -0.1) is 10.2 Å². The monoisotopic (exact) mass is 578 g/mol. The summed E-state index contributed by atoms with van der Waals surface area (Å²) in [4.78, 5) is 20.5. The van der Waals surface area contributed by atoms with Crippen LogP contribution in [0.25, 0.3) is 22.5 Å². The van der Waals surface area contributed by atoms with E-state index in [1.165, 1.54) is 16.8 Å². The molecule has 4 aromatic rings. The minimum atomic E-state index is -2.86. The molecule has 0 spiro atoms. The lowest BCUT2D eigenvalue weighted by molar-refractivity contribution is -0.0751. The molecule has 2 aliphatic rings. The fourth-order valence-electron chi connectivity index (χ4n) is 4.98. The molecule has 9 nitrogen and oxygen atoms in total. The molecule has 3 aromatic heterocycles. The van der Waals surface area contributed by atoms with Gasteiger partial charge in [-0.05, 0) is 53.5 Å². The van der Waals surface area contributed by atoms with E-state index >= 15 is 0 Å². The van der Waals surface area contributed by atoms with Gasteiger partial charge in [-0.1, -0.05) is 0 Å². The number of alkyl halides is 2. The maximum absolute atomic E-state index is 14.6. The number of benzene rings is 1. The van der Waals surface area contributed by atoms with Crippen LogP contribution in [0.5, 0.6) is 0 Å². The second-order valence-corrected chi connectivity index (χ2v) is 10.1. The number of hydrogen-bond donors (Lipinski definition) is 0. The Kier molecular flexibility index (Phi) is 6.37. The molecular formula is C24H22BrF3N6O3. The van der Waals surface area contributed by atoms with Gasteiger partial charge in [0.15, 0.2) is 0 Å². The highest BCUT2D eigenvalue weighted by molar-refractivity contribution is 9.10. The molecule has 0 amide bonds. The number of halogens is 4. The van der Waals surface area contributed by atoms with Crippen molar-refractivity contribution in [2.24, 2.45) is 0 Å². The number of piperidine rings is 1. The van der Waals surface area contributed by atoms with Gasteiger partial charge in [-0.3, -0.25) is 19.0 Å². The zero-order valence-corrected chi connectivity index (χ0v) is 21.1.